The molecule has 0 saturated carbocycles. The molecule has 1 aliphatic rings. The lowest BCUT2D eigenvalue weighted by Crippen LogP contribution is -2.33. The summed E-state index contributed by atoms with van der Waals surface area (Å²) < 4.78 is 42.7. The van der Waals surface area contributed by atoms with Crippen molar-refractivity contribution in [3.8, 4) is 0 Å². The lowest BCUT2D eigenvalue weighted by molar-refractivity contribution is -0.119. The summed E-state index contributed by atoms with van der Waals surface area (Å²) in [5.41, 5.74) is -3.43. The number of halogens is 3. The minimum atomic E-state index is -4.44. The predicted molar refractivity (Wildman–Crippen MR) is 116 cm³/mol. The van der Waals surface area contributed by atoms with Crippen molar-refractivity contribution in [3.63, 3.8) is 0 Å². The van der Waals surface area contributed by atoms with E-state index in [2.05, 4.69) is 10.3 Å². The van der Waals surface area contributed by atoms with Gasteiger partial charge in [0.05, 0.1) is 30.2 Å². The largest absolute Gasteiger partial charge is 0.447 e. The first-order valence-electron chi connectivity index (χ1n) is 9.87. The number of carbonyl (C=O) groups is 3. The third-order valence-corrected chi connectivity index (χ3v) is 5.38. The maximum Gasteiger partial charge on any atom is 0.446 e. The van der Waals surface area contributed by atoms with Gasteiger partial charge >= 0.3 is 17.6 Å². The van der Waals surface area contributed by atoms with Crippen LogP contribution in [-0.2, 0) is 16.1 Å². The molecule has 1 saturated heterocycles. The predicted octanol–water partition coefficient (Wildman–Crippen LogP) is 5.01. The highest BCUT2D eigenvalue weighted by Crippen LogP contribution is 2.38. The summed E-state index contributed by atoms with van der Waals surface area (Å²) in [5, 5.41) is 2.57. The number of hydrogen-bond acceptors (Lipinski definition) is 6. The molecular weight excluding hydrogens is 461 g/mol. The van der Waals surface area contributed by atoms with E-state index in [0.29, 0.717) is 11.3 Å². The monoisotopic (exact) mass is 482 g/mol. The number of nitrogens with zero attached hydrogens (tertiary/aromatic N) is 3. The normalized spacial score (nSPS) is 16.5. The van der Waals surface area contributed by atoms with Gasteiger partial charge in [0.1, 0.15) is 6.04 Å². The smallest absolute Gasteiger partial charge is 0.446 e. The van der Waals surface area contributed by atoms with Crippen LogP contribution in [0.25, 0.3) is 0 Å². The highest BCUT2D eigenvalue weighted by atomic mass is 32.2. The maximum atomic E-state index is 13.0. The number of nitrogens with one attached hydrogen (secondary N) is 1. The van der Waals surface area contributed by atoms with E-state index in [9.17, 15) is 27.6 Å². The zero-order valence-electron chi connectivity index (χ0n) is 17.9. The van der Waals surface area contributed by atoms with Gasteiger partial charge in [-0.1, -0.05) is 0 Å². The van der Waals surface area contributed by atoms with E-state index in [1.807, 2.05) is 0 Å². The van der Waals surface area contributed by atoms with Gasteiger partial charge in [0, 0.05) is 11.1 Å². The van der Waals surface area contributed by atoms with Crippen molar-refractivity contribution in [1.29, 1.82) is 0 Å². The fourth-order valence-corrected chi connectivity index (χ4v) is 3.70. The fourth-order valence-electron chi connectivity index (χ4n) is 3.16. The quantitative estimate of drug-likeness (QED) is 0.460. The Balaban J connectivity index is 1.78. The van der Waals surface area contributed by atoms with E-state index in [1.54, 1.807) is 26.8 Å². The number of pyridine rings is 1. The molecule has 1 aromatic carbocycles. The Kier molecular flexibility index (Phi) is 7.15. The Labute approximate surface area is 192 Å². The average molecular weight is 482 g/mol. The molecule has 4 amide bonds. The van der Waals surface area contributed by atoms with E-state index in [1.165, 1.54) is 41.6 Å². The summed E-state index contributed by atoms with van der Waals surface area (Å²) in [6.45, 7) is 4.94. The zero-order chi connectivity index (χ0) is 24.3. The first kappa shape index (κ1) is 24.4. The van der Waals surface area contributed by atoms with Crippen LogP contribution in [0.2, 0.25) is 0 Å². The van der Waals surface area contributed by atoms with Crippen LogP contribution in [0.15, 0.2) is 47.6 Å². The van der Waals surface area contributed by atoms with Gasteiger partial charge in [0.2, 0.25) is 0 Å². The Bertz CT molecular complexity index is 1050. The first-order valence-corrected chi connectivity index (χ1v) is 10.7. The highest BCUT2D eigenvalue weighted by Gasteiger charge is 2.43. The molecule has 12 heteroatoms. The Hall–Kier alpha value is -3.28. The van der Waals surface area contributed by atoms with Crippen LogP contribution in [0.1, 0.15) is 26.3 Å². The van der Waals surface area contributed by atoms with Crippen LogP contribution in [0.3, 0.4) is 0 Å². The number of amides is 4. The minimum absolute atomic E-state index is 0.00986. The van der Waals surface area contributed by atoms with E-state index >= 15 is 0 Å². The van der Waals surface area contributed by atoms with Crippen LogP contribution in [-0.4, -0.2) is 45.6 Å². The van der Waals surface area contributed by atoms with E-state index < -0.39 is 29.6 Å². The molecule has 0 aliphatic carbocycles. The summed E-state index contributed by atoms with van der Waals surface area (Å²) in [4.78, 5) is 43.9. The van der Waals surface area contributed by atoms with Crippen molar-refractivity contribution >= 4 is 41.2 Å². The standard InChI is InChI=1S/C21H21F3N4O4S/c1-12(2)32-19(30)26-17-10-25-9-8-14(17)11-27-13(3)18(29)28(20(27)31)15-4-6-16(7-5-15)33-21(22,23)24/h4-10,12-13H,11H2,1-3H3,(H,26,30). The molecule has 0 bridgehead atoms. The molecule has 0 spiro atoms. The third-order valence-electron chi connectivity index (χ3n) is 4.64. The summed E-state index contributed by atoms with van der Waals surface area (Å²) >= 11 is -0.283. The Morgan fingerprint density at radius 3 is 2.48 bits per heavy atom. The number of carbonyl (C=O) groups excluding carboxylic acids is 3. The molecule has 0 radical (unpaired) electrons. The van der Waals surface area contributed by atoms with Crippen LogP contribution in [0.5, 0.6) is 0 Å². The Morgan fingerprint density at radius 2 is 1.88 bits per heavy atom. The lowest BCUT2D eigenvalue weighted by atomic mass is 10.2. The van der Waals surface area contributed by atoms with Crippen LogP contribution < -0.4 is 10.2 Å². The molecular formula is C21H21F3N4O4S. The van der Waals surface area contributed by atoms with Crippen LogP contribution in [0.4, 0.5) is 34.1 Å². The number of imide groups is 1. The lowest BCUT2D eigenvalue weighted by Gasteiger charge is -2.21. The molecule has 176 valence electrons. The number of anilines is 2. The molecule has 1 aromatic heterocycles. The molecule has 2 aromatic rings. The van der Waals surface area contributed by atoms with Crippen molar-refractivity contribution in [2.75, 3.05) is 10.2 Å². The summed E-state index contributed by atoms with van der Waals surface area (Å²) in [6, 6.07) is 5.13. The van der Waals surface area contributed by atoms with Crippen LogP contribution >= 0.6 is 11.8 Å². The van der Waals surface area contributed by atoms with E-state index in [-0.39, 0.29) is 35.0 Å². The SMILES string of the molecule is CC(C)OC(=O)Nc1cnccc1CN1C(=O)N(c2ccc(SC(F)(F)F)cc2)C(=O)C1C. The summed E-state index contributed by atoms with van der Waals surface area (Å²) in [6.07, 6.45) is 1.86. The molecule has 1 N–H and O–H groups in total. The first-order chi connectivity index (χ1) is 15.5. The second kappa shape index (κ2) is 9.69. The van der Waals surface area contributed by atoms with Gasteiger partial charge in [0.25, 0.3) is 5.91 Å². The van der Waals surface area contributed by atoms with Gasteiger partial charge in [-0.2, -0.15) is 13.2 Å². The third kappa shape index (κ3) is 5.95. The average Bonchev–Trinajstić information content (AvgIpc) is 2.91. The van der Waals surface area contributed by atoms with Crippen molar-refractivity contribution in [2.24, 2.45) is 0 Å². The van der Waals surface area contributed by atoms with Gasteiger partial charge in [-0.25, -0.2) is 14.5 Å². The molecule has 1 atom stereocenters. The number of rotatable bonds is 6. The topological polar surface area (TPSA) is 91.8 Å². The van der Waals surface area contributed by atoms with Gasteiger partial charge in [-0.15, -0.1) is 0 Å². The van der Waals surface area contributed by atoms with Gasteiger partial charge in [0.15, 0.2) is 0 Å². The number of benzene rings is 1. The molecule has 1 fully saturated rings. The minimum Gasteiger partial charge on any atom is -0.447 e. The zero-order valence-corrected chi connectivity index (χ0v) is 18.7. The van der Waals surface area contributed by atoms with Gasteiger partial charge in [-0.05, 0) is 68.4 Å². The second-order valence-electron chi connectivity index (χ2n) is 7.41. The Morgan fingerprint density at radius 1 is 1.21 bits per heavy atom. The van der Waals surface area contributed by atoms with Crippen molar-refractivity contribution in [2.45, 2.75) is 49.9 Å². The van der Waals surface area contributed by atoms with Gasteiger partial charge in [-0.3, -0.25) is 15.1 Å². The molecule has 3 rings (SSSR count). The van der Waals surface area contributed by atoms with E-state index in [0.717, 1.165) is 4.90 Å². The highest BCUT2D eigenvalue weighted by molar-refractivity contribution is 8.00. The number of aromatic nitrogens is 1. The molecule has 33 heavy (non-hydrogen) atoms. The summed E-state index contributed by atoms with van der Waals surface area (Å²) in [5.74, 6) is -0.515. The molecule has 1 unspecified atom stereocenters. The number of ether oxygens (including phenoxy) is 1. The molecule has 2 heterocycles. The number of hydrogen-bond donors (Lipinski definition) is 1. The number of urea groups is 1. The summed E-state index contributed by atoms with van der Waals surface area (Å²) in [7, 11) is 0. The van der Waals surface area contributed by atoms with E-state index in [4.69, 9.17) is 4.74 Å². The fraction of sp³-hybridized carbons (Fsp3) is 0.333. The van der Waals surface area contributed by atoms with Crippen molar-refractivity contribution < 1.29 is 32.3 Å². The number of thioether (sulfide) groups is 1. The maximum absolute atomic E-state index is 13.0. The second-order valence-corrected chi connectivity index (χ2v) is 8.55. The molecule has 8 nitrogen and oxygen atoms in total. The van der Waals surface area contributed by atoms with Gasteiger partial charge < -0.3 is 9.64 Å². The van der Waals surface area contributed by atoms with Crippen LogP contribution in [0, 0.1) is 0 Å². The van der Waals surface area contributed by atoms with Crippen molar-refractivity contribution in [1.82, 2.24) is 9.88 Å². The number of alkyl halides is 3. The molecule has 1 aliphatic heterocycles. The van der Waals surface area contributed by atoms with Crippen molar-refractivity contribution in [3.05, 3.63) is 48.3 Å².